The lowest BCUT2D eigenvalue weighted by molar-refractivity contribution is -0.114. The number of benzene rings is 1. The quantitative estimate of drug-likeness (QED) is 0.837. The molecule has 1 rings (SSSR count). The molecule has 86 valence electrons. The molecule has 0 radical (unpaired) electrons. The van der Waals surface area contributed by atoms with Crippen molar-refractivity contribution >= 4 is 39.1 Å². The topological polar surface area (TPSA) is 58.2 Å². The van der Waals surface area contributed by atoms with E-state index in [9.17, 15) is 9.59 Å². The Morgan fingerprint density at radius 3 is 2.56 bits per heavy atom. The van der Waals surface area contributed by atoms with Crippen LogP contribution in [0.25, 0.3) is 0 Å². The van der Waals surface area contributed by atoms with Gasteiger partial charge in [-0.2, -0.15) is 0 Å². The largest absolute Gasteiger partial charge is 0.326 e. The van der Waals surface area contributed by atoms with E-state index in [1.165, 1.54) is 6.92 Å². The maximum Gasteiger partial charge on any atom is 0.235 e. The lowest BCUT2D eigenvalue weighted by Gasteiger charge is -2.09. The molecule has 2 amide bonds. The van der Waals surface area contributed by atoms with Gasteiger partial charge in [-0.25, -0.2) is 0 Å². The van der Waals surface area contributed by atoms with Gasteiger partial charge in [0.2, 0.25) is 11.8 Å². The van der Waals surface area contributed by atoms with Crippen molar-refractivity contribution in [3.63, 3.8) is 0 Å². The van der Waals surface area contributed by atoms with E-state index in [4.69, 9.17) is 0 Å². The highest BCUT2D eigenvalue weighted by atomic mass is 79.9. The molecule has 4 nitrogen and oxygen atoms in total. The van der Waals surface area contributed by atoms with E-state index in [2.05, 4.69) is 26.6 Å². The molecule has 0 unspecified atom stereocenters. The van der Waals surface area contributed by atoms with E-state index in [1.54, 1.807) is 12.1 Å². The molecule has 0 bridgehead atoms. The maximum atomic E-state index is 11.2. The summed E-state index contributed by atoms with van der Waals surface area (Å²) in [5.74, 6) is -0.260. The number of anilines is 2. The van der Waals surface area contributed by atoms with E-state index < -0.39 is 0 Å². The number of hydrogen-bond donors (Lipinski definition) is 2. The molecule has 0 fully saturated rings. The summed E-state index contributed by atoms with van der Waals surface area (Å²) in [7, 11) is 0. The molecule has 0 aliphatic heterocycles. The average molecular weight is 285 g/mol. The Balaban J connectivity index is 2.90. The van der Waals surface area contributed by atoms with Crippen LogP contribution >= 0.6 is 15.9 Å². The molecular weight excluding hydrogens is 272 g/mol. The molecule has 0 atom stereocenters. The lowest BCUT2D eigenvalue weighted by atomic mass is 10.2. The fourth-order valence-corrected chi connectivity index (χ4v) is 1.36. The van der Waals surface area contributed by atoms with Gasteiger partial charge in [0.25, 0.3) is 0 Å². The standard InChI is InChI=1S/C11H13BrN2O2/c1-7-3-4-9(13-8(2)15)5-10(7)14-11(16)6-12/h3-5H,6H2,1-2H3,(H,13,15)(H,14,16). The third-order valence-corrected chi connectivity index (χ3v) is 2.46. The van der Waals surface area contributed by atoms with Gasteiger partial charge in [-0.1, -0.05) is 22.0 Å². The fraction of sp³-hybridized carbons (Fsp3) is 0.273. The van der Waals surface area contributed by atoms with Crippen LogP contribution in [0.2, 0.25) is 0 Å². The van der Waals surface area contributed by atoms with Crippen molar-refractivity contribution in [3.05, 3.63) is 23.8 Å². The second kappa shape index (κ2) is 5.65. The Hall–Kier alpha value is -1.36. The molecule has 2 N–H and O–H groups in total. The molecule has 0 aliphatic carbocycles. The predicted octanol–water partition coefficient (Wildman–Crippen LogP) is 2.29. The number of halogens is 1. The third-order valence-electron chi connectivity index (χ3n) is 1.95. The third kappa shape index (κ3) is 3.66. The van der Waals surface area contributed by atoms with Gasteiger partial charge in [0, 0.05) is 18.3 Å². The lowest BCUT2D eigenvalue weighted by Crippen LogP contribution is -2.14. The molecule has 0 saturated heterocycles. The van der Waals surface area contributed by atoms with E-state index in [0.717, 1.165) is 5.56 Å². The Kier molecular flexibility index (Phi) is 4.49. The number of carbonyl (C=O) groups excluding carboxylic acids is 2. The van der Waals surface area contributed by atoms with Crippen LogP contribution < -0.4 is 10.6 Å². The number of hydrogen-bond acceptors (Lipinski definition) is 2. The van der Waals surface area contributed by atoms with Gasteiger partial charge in [-0.05, 0) is 24.6 Å². The smallest absolute Gasteiger partial charge is 0.235 e. The first-order valence-corrected chi connectivity index (χ1v) is 5.89. The van der Waals surface area contributed by atoms with Crippen molar-refractivity contribution in [1.82, 2.24) is 0 Å². The molecule has 0 saturated carbocycles. The Bertz CT molecular complexity index is 418. The number of carbonyl (C=O) groups is 2. The van der Waals surface area contributed by atoms with E-state index in [1.807, 2.05) is 13.0 Å². The predicted molar refractivity (Wildman–Crippen MR) is 67.9 cm³/mol. The number of alkyl halides is 1. The Labute approximate surface area is 103 Å². The summed E-state index contributed by atoms with van der Waals surface area (Å²) in [4.78, 5) is 22.1. The summed E-state index contributed by atoms with van der Waals surface area (Å²) in [5.41, 5.74) is 2.32. The summed E-state index contributed by atoms with van der Waals surface area (Å²) in [5, 5.41) is 5.64. The number of amides is 2. The molecule has 1 aromatic carbocycles. The van der Waals surface area contributed by atoms with Crippen molar-refractivity contribution in [2.45, 2.75) is 13.8 Å². The molecular formula is C11H13BrN2O2. The molecule has 0 heterocycles. The molecule has 5 heteroatoms. The van der Waals surface area contributed by atoms with Crippen LogP contribution in [0, 0.1) is 6.92 Å². The first-order chi connectivity index (χ1) is 7.52. The summed E-state index contributed by atoms with van der Waals surface area (Å²) >= 11 is 3.07. The molecule has 0 aliphatic rings. The van der Waals surface area contributed by atoms with Gasteiger partial charge in [-0.15, -0.1) is 0 Å². The average Bonchev–Trinajstić information content (AvgIpc) is 2.22. The summed E-state index contributed by atoms with van der Waals surface area (Å²) in [6.07, 6.45) is 0. The van der Waals surface area contributed by atoms with Crippen LogP contribution in [0.5, 0.6) is 0 Å². The number of rotatable bonds is 3. The normalized spacial score (nSPS) is 9.69. The van der Waals surface area contributed by atoms with Crippen LogP contribution in [-0.2, 0) is 9.59 Å². The van der Waals surface area contributed by atoms with Crippen molar-refractivity contribution in [1.29, 1.82) is 0 Å². The zero-order chi connectivity index (χ0) is 12.1. The van der Waals surface area contributed by atoms with E-state index in [0.29, 0.717) is 11.4 Å². The van der Waals surface area contributed by atoms with Gasteiger partial charge in [0.15, 0.2) is 0 Å². The van der Waals surface area contributed by atoms with E-state index in [-0.39, 0.29) is 17.1 Å². The minimum absolute atomic E-state index is 0.122. The zero-order valence-corrected chi connectivity index (χ0v) is 10.7. The second-order valence-corrected chi connectivity index (χ2v) is 3.95. The van der Waals surface area contributed by atoms with Gasteiger partial charge < -0.3 is 10.6 Å². The highest BCUT2D eigenvalue weighted by Gasteiger charge is 2.04. The van der Waals surface area contributed by atoms with Gasteiger partial charge >= 0.3 is 0 Å². The molecule has 0 spiro atoms. The number of nitrogens with one attached hydrogen (secondary N) is 2. The van der Waals surface area contributed by atoms with Crippen molar-refractivity contribution in [2.24, 2.45) is 0 Å². The second-order valence-electron chi connectivity index (χ2n) is 3.39. The van der Waals surface area contributed by atoms with Gasteiger partial charge in [0.1, 0.15) is 0 Å². The van der Waals surface area contributed by atoms with Crippen molar-refractivity contribution in [2.75, 3.05) is 16.0 Å². The fourth-order valence-electron chi connectivity index (χ4n) is 1.22. The van der Waals surface area contributed by atoms with Gasteiger partial charge in [-0.3, -0.25) is 9.59 Å². The molecule has 0 aromatic heterocycles. The van der Waals surface area contributed by atoms with Crippen LogP contribution in [0.3, 0.4) is 0 Å². The Morgan fingerprint density at radius 1 is 1.31 bits per heavy atom. The SMILES string of the molecule is CC(=O)Nc1ccc(C)c(NC(=O)CBr)c1. The van der Waals surface area contributed by atoms with Crippen molar-refractivity contribution < 1.29 is 9.59 Å². The van der Waals surface area contributed by atoms with Crippen LogP contribution in [0.4, 0.5) is 11.4 Å². The first kappa shape index (κ1) is 12.7. The van der Waals surface area contributed by atoms with Crippen LogP contribution in [0.15, 0.2) is 18.2 Å². The summed E-state index contributed by atoms with van der Waals surface area (Å²) < 4.78 is 0. The highest BCUT2D eigenvalue weighted by molar-refractivity contribution is 9.09. The van der Waals surface area contributed by atoms with E-state index >= 15 is 0 Å². The Morgan fingerprint density at radius 2 is 2.00 bits per heavy atom. The van der Waals surface area contributed by atoms with Crippen LogP contribution in [0.1, 0.15) is 12.5 Å². The minimum atomic E-state index is -0.137. The number of aryl methyl sites for hydroxylation is 1. The summed E-state index contributed by atoms with van der Waals surface area (Å²) in [6.45, 7) is 3.33. The minimum Gasteiger partial charge on any atom is -0.326 e. The maximum absolute atomic E-state index is 11.2. The molecule has 16 heavy (non-hydrogen) atoms. The monoisotopic (exact) mass is 284 g/mol. The van der Waals surface area contributed by atoms with Crippen molar-refractivity contribution in [3.8, 4) is 0 Å². The van der Waals surface area contributed by atoms with Crippen LogP contribution in [-0.4, -0.2) is 17.1 Å². The van der Waals surface area contributed by atoms with Gasteiger partial charge in [0.05, 0.1) is 5.33 Å². The first-order valence-electron chi connectivity index (χ1n) is 4.77. The molecule has 1 aromatic rings. The zero-order valence-electron chi connectivity index (χ0n) is 9.13. The highest BCUT2D eigenvalue weighted by Crippen LogP contribution is 2.20. The summed E-state index contributed by atoms with van der Waals surface area (Å²) in [6, 6.07) is 5.37.